The minimum atomic E-state index is -0.733. The Morgan fingerprint density at radius 3 is 2.47 bits per heavy atom. The summed E-state index contributed by atoms with van der Waals surface area (Å²) in [4.78, 5) is 26.8. The summed E-state index contributed by atoms with van der Waals surface area (Å²) in [6.45, 7) is 2.78. The fraction of sp³-hybridized carbons (Fsp3) is 0.250. The Bertz CT molecular complexity index is 529. The third-order valence-corrected chi connectivity index (χ3v) is 3.51. The average Bonchev–Trinajstić information content (AvgIpc) is 2.67. The smallest absolute Gasteiger partial charge is 0.257 e. The lowest BCUT2D eigenvalue weighted by atomic mass is 10.2. The van der Waals surface area contributed by atoms with Gasteiger partial charge in [-0.15, -0.1) is 0 Å². The van der Waals surface area contributed by atoms with Gasteiger partial charge in [-0.1, -0.05) is 12.1 Å². The number of hydrogen-bond donors (Lipinski definition) is 0. The highest BCUT2D eigenvalue weighted by Gasteiger charge is 2.23. The summed E-state index contributed by atoms with van der Waals surface area (Å²) in [6, 6.07) is 7.31. The molecular weight excluding hydrogens is 238 g/mol. The van der Waals surface area contributed by atoms with E-state index in [-0.39, 0.29) is 11.6 Å². The largest absolute Gasteiger partial charge is 0.431 e. The van der Waals surface area contributed by atoms with Crippen LogP contribution in [0.25, 0.3) is 11.1 Å². The van der Waals surface area contributed by atoms with Gasteiger partial charge in [-0.3, -0.25) is 9.59 Å². The summed E-state index contributed by atoms with van der Waals surface area (Å²) in [6.07, 6.45) is 0. The van der Waals surface area contributed by atoms with E-state index in [9.17, 15) is 9.59 Å². The molecule has 0 unspecified atom stereocenters. The molecule has 0 fully saturated rings. The SMILES string of the molecule is CC(=O)C(Sc1nc2ccccc2o1)C(C)=O. The summed E-state index contributed by atoms with van der Waals surface area (Å²) < 4.78 is 5.45. The zero-order valence-electron chi connectivity index (χ0n) is 9.47. The number of aromatic nitrogens is 1. The van der Waals surface area contributed by atoms with Crippen LogP contribution in [0.1, 0.15) is 13.8 Å². The van der Waals surface area contributed by atoms with Crippen LogP contribution in [0.5, 0.6) is 0 Å². The molecule has 4 nitrogen and oxygen atoms in total. The van der Waals surface area contributed by atoms with Gasteiger partial charge in [0.1, 0.15) is 10.8 Å². The molecular formula is C12H11NO3S. The number of ketones is 2. The lowest BCUT2D eigenvalue weighted by Gasteiger charge is -2.05. The fourth-order valence-electron chi connectivity index (χ4n) is 1.45. The van der Waals surface area contributed by atoms with E-state index in [1.807, 2.05) is 18.2 Å². The lowest BCUT2D eigenvalue weighted by molar-refractivity contribution is -0.123. The van der Waals surface area contributed by atoms with Crippen molar-refractivity contribution in [3.8, 4) is 0 Å². The first kappa shape index (κ1) is 11.9. The van der Waals surface area contributed by atoms with Crippen LogP contribution in [0.4, 0.5) is 0 Å². The van der Waals surface area contributed by atoms with Gasteiger partial charge in [0, 0.05) is 0 Å². The Kier molecular flexibility index (Phi) is 3.28. The number of fused-ring (bicyclic) bond motifs is 1. The Labute approximate surface area is 102 Å². The first-order valence-electron chi connectivity index (χ1n) is 5.11. The van der Waals surface area contributed by atoms with Crippen molar-refractivity contribution >= 4 is 34.4 Å². The first-order valence-corrected chi connectivity index (χ1v) is 5.99. The molecule has 0 radical (unpaired) electrons. The number of nitrogens with zero attached hydrogens (tertiary/aromatic N) is 1. The van der Waals surface area contributed by atoms with E-state index in [1.54, 1.807) is 6.07 Å². The molecule has 2 rings (SSSR count). The third-order valence-electron chi connectivity index (χ3n) is 2.23. The third kappa shape index (κ3) is 2.55. The number of rotatable bonds is 4. The van der Waals surface area contributed by atoms with Crippen LogP contribution in [0, 0.1) is 0 Å². The van der Waals surface area contributed by atoms with Crippen LogP contribution in [0.3, 0.4) is 0 Å². The van der Waals surface area contributed by atoms with Gasteiger partial charge in [0.05, 0.1) is 0 Å². The average molecular weight is 249 g/mol. The molecule has 0 saturated carbocycles. The van der Waals surface area contributed by atoms with E-state index < -0.39 is 5.25 Å². The van der Waals surface area contributed by atoms with E-state index in [4.69, 9.17) is 4.42 Å². The van der Waals surface area contributed by atoms with E-state index in [2.05, 4.69) is 4.98 Å². The highest BCUT2D eigenvalue weighted by Crippen LogP contribution is 2.27. The molecule has 0 N–H and O–H groups in total. The van der Waals surface area contributed by atoms with E-state index in [1.165, 1.54) is 13.8 Å². The normalized spacial score (nSPS) is 11.0. The molecule has 0 aliphatic carbocycles. The second-order valence-electron chi connectivity index (χ2n) is 3.67. The highest BCUT2D eigenvalue weighted by atomic mass is 32.2. The van der Waals surface area contributed by atoms with Crippen LogP contribution < -0.4 is 0 Å². The number of para-hydroxylation sites is 2. The van der Waals surface area contributed by atoms with Crippen LogP contribution in [0.2, 0.25) is 0 Å². The maximum Gasteiger partial charge on any atom is 0.257 e. The summed E-state index contributed by atoms with van der Waals surface area (Å²) in [7, 11) is 0. The Morgan fingerprint density at radius 1 is 1.24 bits per heavy atom. The van der Waals surface area contributed by atoms with Crippen molar-refractivity contribution in [3.05, 3.63) is 24.3 Å². The predicted molar refractivity (Wildman–Crippen MR) is 65.0 cm³/mol. The molecule has 1 aromatic heterocycles. The molecule has 0 spiro atoms. The van der Waals surface area contributed by atoms with Gasteiger partial charge in [-0.05, 0) is 37.7 Å². The molecule has 0 aliphatic heterocycles. The maximum absolute atomic E-state index is 11.3. The predicted octanol–water partition coefficient (Wildman–Crippen LogP) is 2.47. The molecule has 1 heterocycles. The van der Waals surface area contributed by atoms with E-state index >= 15 is 0 Å². The summed E-state index contributed by atoms with van der Waals surface area (Å²) >= 11 is 1.05. The zero-order chi connectivity index (χ0) is 12.4. The van der Waals surface area contributed by atoms with Crippen molar-refractivity contribution in [3.63, 3.8) is 0 Å². The summed E-state index contributed by atoms with van der Waals surface area (Å²) in [5, 5.41) is -0.385. The molecule has 5 heteroatoms. The highest BCUT2D eigenvalue weighted by molar-refractivity contribution is 8.01. The molecule has 0 amide bonds. The number of thioether (sulfide) groups is 1. The molecule has 0 atom stereocenters. The Hall–Kier alpha value is -1.62. The minimum Gasteiger partial charge on any atom is -0.431 e. The summed E-state index contributed by atoms with van der Waals surface area (Å²) in [5.74, 6) is -0.380. The number of Topliss-reactive ketones (excluding diaryl/α,β-unsaturated/α-hetero) is 2. The number of benzene rings is 1. The Balaban J connectivity index is 2.28. The van der Waals surface area contributed by atoms with Gasteiger partial charge in [0.2, 0.25) is 0 Å². The second kappa shape index (κ2) is 4.71. The fourth-order valence-corrected chi connectivity index (χ4v) is 2.28. The van der Waals surface area contributed by atoms with Gasteiger partial charge in [-0.25, -0.2) is 4.98 Å². The number of oxazole rings is 1. The number of hydrogen-bond acceptors (Lipinski definition) is 5. The molecule has 0 bridgehead atoms. The maximum atomic E-state index is 11.3. The molecule has 2 aromatic rings. The van der Waals surface area contributed by atoms with Gasteiger partial charge in [-0.2, -0.15) is 0 Å². The lowest BCUT2D eigenvalue weighted by Crippen LogP contribution is -2.22. The zero-order valence-corrected chi connectivity index (χ0v) is 10.3. The standard InChI is InChI=1S/C12H11NO3S/c1-7(14)11(8(2)15)17-12-13-9-5-3-4-6-10(9)16-12/h3-6,11H,1-2H3. The second-order valence-corrected chi connectivity index (χ2v) is 4.72. The van der Waals surface area contributed by atoms with Gasteiger partial charge in [0.15, 0.2) is 17.1 Å². The van der Waals surface area contributed by atoms with E-state index in [0.717, 1.165) is 17.3 Å². The number of carbonyl (C=O) groups excluding carboxylic acids is 2. The minimum absolute atomic E-state index is 0.190. The topological polar surface area (TPSA) is 60.2 Å². The van der Waals surface area contributed by atoms with E-state index in [0.29, 0.717) is 10.8 Å². The van der Waals surface area contributed by atoms with Crippen molar-refractivity contribution in [1.29, 1.82) is 0 Å². The summed E-state index contributed by atoms with van der Waals surface area (Å²) in [5.41, 5.74) is 1.38. The molecule has 0 aliphatic rings. The van der Waals surface area contributed by atoms with Crippen LogP contribution in [-0.2, 0) is 9.59 Å². The van der Waals surface area contributed by atoms with Crippen molar-refractivity contribution in [2.75, 3.05) is 0 Å². The van der Waals surface area contributed by atoms with Gasteiger partial charge >= 0.3 is 0 Å². The Morgan fingerprint density at radius 2 is 1.88 bits per heavy atom. The quantitative estimate of drug-likeness (QED) is 0.615. The number of carbonyl (C=O) groups is 2. The molecule has 0 saturated heterocycles. The molecule has 1 aromatic carbocycles. The molecule has 17 heavy (non-hydrogen) atoms. The van der Waals surface area contributed by atoms with Gasteiger partial charge < -0.3 is 4.42 Å². The van der Waals surface area contributed by atoms with Crippen LogP contribution in [0.15, 0.2) is 33.9 Å². The first-order chi connectivity index (χ1) is 8.08. The monoisotopic (exact) mass is 249 g/mol. The van der Waals surface area contributed by atoms with Crippen molar-refractivity contribution < 1.29 is 14.0 Å². The van der Waals surface area contributed by atoms with Crippen molar-refractivity contribution in [2.24, 2.45) is 0 Å². The van der Waals surface area contributed by atoms with Crippen LogP contribution >= 0.6 is 11.8 Å². The van der Waals surface area contributed by atoms with Gasteiger partial charge in [0.25, 0.3) is 5.22 Å². The van der Waals surface area contributed by atoms with Crippen molar-refractivity contribution in [1.82, 2.24) is 4.98 Å². The van der Waals surface area contributed by atoms with Crippen LogP contribution in [-0.4, -0.2) is 21.8 Å². The van der Waals surface area contributed by atoms with Crippen molar-refractivity contribution in [2.45, 2.75) is 24.3 Å². The molecule has 88 valence electrons.